The van der Waals surface area contributed by atoms with Gasteiger partial charge in [0.2, 0.25) is 5.91 Å². The summed E-state index contributed by atoms with van der Waals surface area (Å²) in [6.45, 7) is 6.60. The quantitative estimate of drug-likeness (QED) is 0.144. The molecule has 1 fully saturated rings. The molecule has 0 unspecified atom stereocenters. The number of nitrogens with two attached hydrogens (primary N) is 1. The number of anilines is 2. The zero-order chi connectivity index (χ0) is 34.0. The van der Waals surface area contributed by atoms with Gasteiger partial charge in [-0.1, -0.05) is 37.6 Å². The number of rotatable bonds is 15. The monoisotopic (exact) mass is 662 g/mol. The van der Waals surface area contributed by atoms with Crippen molar-refractivity contribution in [1.82, 2.24) is 29.3 Å². The topological polar surface area (TPSA) is 152 Å². The van der Waals surface area contributed by atoms with E-state index in [4.69, 9.17) is 15.2 Å². The summed E-state index contributed by atoms with van der Waals surface area (Å²) in [5, 5.41) is 0. The summed E-state index contributed by atoms with van der Waals surface area (Å²) in [5.74, 6) is -0.491. The van der Waals surface area contributed by atoms with Gasteiger partial charge in [0, 0.05) is 51.5 Å². The third-order valence-electron chi connectivity index (χ3n) is 8.42. The van der Waals surface area contributed by atoms with Gasteiger partial charge < -0.3 is 30.0 Å². The molecular weight excluding hydrogens is 619 g/mol. The van der Waals surface area contributed by atoms with E-state index >= 15 is 0 Å². The number of imidazole rings is 1. The van der Waals surface area contributed by atoms with Gasteiger partial charge in [-0.2, -0.15) is 9.97 Å². The molecule has 3 heterocycles. The van der Waals surface area contributed by atoms with Gasteiger partial charge in [0.25, 0.3) is 0 Å². The molecule has 48 heavy (non-hydrogen) atoms. The lowest BCUT2D eigenvalue weighted by atomic mass is 10.1. The number of unbranched alkanes of at least 4 members (excludes halogenated alkanes) is 1. The lowest BCUT2D eigenvalue weighted by Gasteiger charge is -2.36. The van der Waals surface area contributed by atoms with E-state index in [1.54, 1.807) is 17.0 Å². The van der Waals surface area contributed by atoms with Crippen LogP contribution in [-0.4, -0.2) is 94.2 Å². The molecule has 0 saturated carbocycles. The van der Waals surface area contributed by atoms with Crippen molar-refractivity contribution in [2.45, 2.75) is 45.7 Å². The zero-order valence-corrected chi connectivity index (χ0v) is 27.5. The molecule has 256 valence electrons. The predicted octanol–water partition coefficient (Wildman–Crippen LogP) is 2.98. The van der Waals surface area contributed by atoms with Gasteiger partial charge in [0.1, 0.15) is 11.3 Å². The van der Waals surface area contributed by atoms with Crippen molar-refractivity contribution in [2.24, 2.45) is 0 Å². The highest BCUT2D eigenvalue weighted by Crippen LogP contribution is 2.20. The number of methoxy groups -OCH3 is 1. The maximum absolute atomic E-state index is 13.8. The Kier molecular flexibility index (Phi) is 11.6. The summed E-state index contributed by atoms with van der Waals surface area (Å²) in [4.78, 5) is 55.9. The molecule has 0 bridgehead atoms. The fraction of sp³-hybridized carbons (Fsp3) is 0.441. The summed E-state index contributed by atoms with van der Waals surface area (Å²) in [6, 6.07) is 14.1. The Labute approximate surface area is 278 Å². The van der Waals surface area contributed by atoms with Crippen LogP contribution in [0.2, 0.25) is 0 Å². The minimum atomic E-state index is -0.366. The van der Waals surface area contributed by atoms with Gasteiger partial charge in [0.05, 0.1) is 26.7 Å². The molecule has 1 saturated heterocycles. The normalized spacial score (nSPS) is 13.5. The Morgan fingerprint density at radius 3 is 2.40 bits per heavy atom. The van der Waals surface area contributed by atoms with Crippen LogP contribution in [0, 0.1) is 5.82 Å². The number of ether oxygens (including phenoxy) is 2. The highest BCUT2D eigenvalue weighted by atomic mass is 19.1. The number of benzene rings is 2. The van der Waals surface area contributed by atoms with E-state index in [1.807, 2.05) is 24.3 Å². The number of carbonyl (C=O) groups excluding carboxylic acids is 2. The van der Waals surface area contributed by atoms with Crippen molar-refractivity contribution in [2.75, 3.05) is 63.6 Å². The summed E-state index contributed by atoms with van der Waals surface area (Å²) in [7, 11) is 1.36. The standard InChI is InChI=1S/C34H43FN8O5/c1-3-4-20-48-33-38-31(36)30-32(39-33)43(34(46)37-30)15-5-14-42(22-25-8-6-24(7-9-25)21-29(45)47-2)28(44)23-40-16-18-41(19-17-40)27-12-10-26(35)11-13-27/h6-13H,3-5,14-23H2,1-2H3,(H,37,46)(H2,36,38,39). The Balaban J connectivity index is 1.26. The largest absolute Gasteiger partial charge is 0.469 e. The number of hydrogen-bond donors (Lipinski definition) is 2. The van der Waals surface area contributed by atoms with Gasteiger partial charge in [-0.3, -0.25) is 19.1 Å². The Morgan fingerprint density at radius 2 is 1.71 bits per heavy atom. The highest BCUT2D eigenvalue weighted by molar-refractivity contribution is 5.82. The van der Waals surface area contributed by atoms with Crippen molar-refractivity contribution < 1.29 is 23.5 Å². The van der Waals surface area contributed by atoms with E-state index in [9.17, 15) is 18.8 Å². The minimum absolute atomic E-state index is 0.0340. The molecule has 0 radical (unpaired) electrons. The van der Waals surface area contributed by atoms with Crippen molar-refractivity contribution in [3.63, 3.8) is 0 Å². The minimum Gasteiger partial charge on any atom is -0.469 e. The Hall–Kier alpha value is -4.98. The first-order chi connectivity index (χ1) is 23.2. The number of halogens is 1. The molecule has 2 aromatic carbocycles. The van der Waals surface area contributed by atoms with Gasteiger partial charge in [-0.25, -0.2) is 9.18 Å². The highest BCUT2D eigenvalue weighted by Gasteiger charge is 2.23. The first-order valence-corrected chi connectivity index (χ1v) is 16.3. The molecule has 0 spiro atoms. The number of piperazine rings is 1. The molecule has 1 aliphatic heterocycles. The second-order valence-electron chi connectivity index (χ2n) is 11.9. The SMILES string of the molecule is CCCCOc1nc(N)c2[nH]c(=O)n(CCCN(Cc3ccc(CC(=O)OC)cc3)C(=O)CN3CCN(c4ccc(F)cc4)CC3)c2n1. The fourth-order valence-corrected chi connectivity index (χ4v) is 5.65. The van der Waals surface area contributed by atoms with Crippen LogP contribution in [0.25, 0.3) is 11.2 Å². The predicted molar refractivity (Wildman–Crippen MR) is 180 cm³/mol. The number of amides is 1. The molecule has 3 N–H and O–H groups in total. The first kappa shape index (κ1) is 34.4. The van der Waals surface area contributed by atoms with Crippen molar-refractivity contribution in [1.29, 1.82) is 0 Å². The zero-order valence-electron chi connectivity index (χ0n) is 27.5. The number of fused-ring (bicyclic) bond motifs is 1. The van der Waals surface area contributed by atoms with Crippen LogP contribution < -0.4 is 21.1 Å². The number of aromatic nitrogens is 4. The maximum Gasteiger partial charge on any atom is 0.327 e. The van der Waals surface area contributed by atoms with E-state index in [0.29, 0.717) is 56.9 Å². The molecule has 0 atom stereocenters. The first-order valence-electron chi connectivity index (χ1n) is 16.3. The van der Waals surface area contributed by atoms with Gasteiger partial charge in [-0.05, 0) is 48.2 Å². The van der Waals surface area contributed by atoms with Gasteiger partial charge in [-0.15, -0.1) is 0 Å². The van der Waals surface area contributed by atoms with Crippen LogP contribution in [0.15, 0.2) is 53.3 Å². The molecule has 1 amide bonds. The number of nitrogens with zero attached hydrogens (tertiary/aromatic N) is 6. The number of nitrogens with one attached hydrogen (secondary N) is 1. The Bertz CT molecular complexity index is 1730. The number of nitrogen functional groups attached to an aromatic ring is 1. The molecule has 1 aliphatic rings. The maximum atomic E-state index is 13.8. The van der Waals surface area contributed by atoms with Crippen molar-refractivity contribution in [3.05, 3.63) is 76.0 Å². The number of H-pyrrole nitrogens is 1. The third kappa shape index (κ3) is 8.88. The third-order valence-corrected chi connectivity index (χ3v) is 8.42. The van der Waals surface area contributed by atoms with Crippen LogP contribution in [0.4, 0.5) is 15.9 Å². The second-order valence-corrected chi connectivity index (χ2v) is 11.9. The van der Waals surface area contributed by atoms with E-state index in [-0.39, 0.29) is 48.2 Å². The molecule has 13 nitrogen and oxygen atoms in total. The van der Waals surface area contributed by atoms with E-state index in [1.165, 1.54) is 23.8 Å². The Morgan fingerprint density at radius 1 is 1.00 bits per heavy atom. The van der Waals surface area contributed by atoms with E-state index in [2.05, 4.69) is 31.7 Å². The van der Waals surface area contributed by atoms with E-state index in [0.717, 1.165) is 42.7 Å². The average Bonchev–Trinajstić information content (AvgIpc) is 3.41. The molecule has 4 aromatic rings. The average molecular weight is 663 g/mol. The molecule has 14 heteroatoms. The summed E-state index contributed by atoms with van der Waals surface area (Å²) in [6.07, 6.45) is 2.43. The summed E-state index contributed by atoms with van der Waals surface area (Å²) < 4.78 is 25.3. The lowest BCUT2D eigenvalue weighted by Crippen LogP contribution is -2.50. The van der Waals surface area contributed by atoms with Crippen LogP contribution in [0.1, 0.15) is 37.3 Å². The number of esters is 1. The smallest absolute Gasteiger partial charge is 0.327 e. The number of aryl methyl sites for hydroxylation is 1. The second kappa shape index (κ2) is 16.2. The number of aromatic amines is 1. The molecule has 2 aromatic heterocycles. The summed E-state index contributed by atoms with van der Waals surface area (Å²) in [5.41, 5.74) is 9.14. The van der Waals surface area contributed by atoms with Crippen molar-refractivity contribution >= 4 is 34.5 Å². The van der Waals surface area contributed by atoms with Crippen LogP contribution in [0.3, 0.4) is 0 Å². The lowest BCUT2D eigenvalue weighted by molar-refractivity contribution is -0.139. The number of hydrogen-bond acceptors (Lipinski definition) is 10. The van der Waals surface area contributed by atoms with Gasteiger partial charge >= 0.3 is 17.7 Å². The fourth-order valence-electron chi connectivity index (χ4n) is 5.65. The van der Waals surface area contributed by atoms with Gasteiger partial charge in [0.15, 0.2) is 11.5 Å². The van der Waals surface area contributed by atoms with E-state index < -0.39 is 0 Å². The molecule has 0 aliphatic carbocycles. The number of carbonyl (C=O) groups is 2. The van der Waals surface area contributed by atoms with Crippen LogP contribution in [-0.2, 0) is 33.8 Å². The molecular formula is C34H43FN8O5. The van der Waals surface area contributed by atoms with Crippen LogP contribution in [0.5, 0.6) is 6.01 Å². The summed E-state index contributed by atoms with van der Waals surface area (Å²) >= 11 is 0. The van der Waals surface area contributed by atoms with Crippen molar-refractivity contribution in [3.8, 4) is 6.01 Å². The van der Waals surface area contributed by atoms with Crippen LogP contribution >= 0.6 is 0 Å². The molecule has 5 rings (SSSR count).